The molecule has 0 bridgehead atoms. The highest BCUT2D eigenvalue weighted by Gasteiger charge is 2.25. The Morgan fingerprint density at radius 3 is 2.72 bits per heavy atom. The topological polar surface area (TPSA) is 57.6 Å². The van der Waals surface area contributed by atoms with Gasteiger partial charge in [0.1, 0.15) is 0 Å². The van der Waals surface area contributed by atoms with Crippen LogP contribution in [0.2, 0.25) is 0 Å². The van der Waals surface area contributed by atoms with E-state index in [0.717, 1.165) is 31.5 Å². The van der Waals surface area contributed by atoms with Gasteiger partial charge in [-0.2, -0.15) is 0 Å². The fourth-order valence-electron chi connectivity index (χ4n) is 2.52. The number of benzene rings is 1. The van der Waals surface area contributed by atoms with Gasteiger partial charge in [-0.3, -0.25) is 0 Å². The van der Waals surface area contributed by atoms with Crippen molar-refractivity contribution in [1.29, 1.82) is 0 Å². The summed E-state index contributed by atoms with van der Waals surface area (Å²) in [6.07, 6.45) is 4.26. The van der Waals surface area contributed by atoms with Crippen molar-refractivity contribution in [2.45, 2.75) is 30.2 Å². The molecule has 0 aromatic heterocycles. The second-order valence-corrected chi connectivity index (χ2v) is 6.75. The second kappa shape index (κ2) is 5.28. The summed E-state index contributed by atoms with van der Waals surface area (Å²) < 4.78 is 23.6. The Morgan fingerprint density at radius 1 is 1.33 bits per heavy atom. The van der Waals surface area contributed by atoms with Crippen molar-refractivity contribution in [3.05, 3.63) is 24.3 Å². The van der Waals surface area contributed by atoms with Crippen LogP contribution in [0.1, 0.15) is 19.3 Å². The maximum absolute atomic E-state index is 11.8. The van der Waals surface area contributed by atoms with Crippen molar-refractivity contribution in [1.82, 2.24) is 0 Å². The number of hydrogen-bond acceptors (Lipinski definition) is 4. The van der Waals surface area contributed by atoms with Crippen molar-refractivity contribution in [2.24, 2.45) is 0 Å². The van der Waals surface area contributed by atoms with Crippen molar-refractivity contribution in [3.63, 3.8) is 0 Å². The number of hydrogen-bond donors (Lipinski definition) is 1. The Balaban J connectivity index is 2.43. The van der Waals surface area contributed by atoms with Gasteiger partial charge in [0.25, 0.3) is 0 Å². The fraction of sp³-hybridized carbons (Fsp3) is 0.538. The normalized spacial score (nSPS) is 21.0. The summed E-state index contributed by atoms with van der Waals surface area (Å²) in [5.41, 5.74) is 0.721. The second-order valence-electron chi connectivity index (χ2n) is 4.77. The van der Waals surface area contributed by atoms with Crippen LogP contribution < -0.4 is 4.90 Å². The zero-order valence-electron chi connectivity index (χ0n) is 10.5. The standard InChI is InChI=1S/C13H19NO3S/c1-18(16,17)13-8-3-2-7-12(13)14-9-5-4-6-11(14)10-15/h2-3,7-8,11,15H,4-6,9-10H2,1H3. The Hall–Kier alpha value is -1.07. The molecule has 0 aliphatic carbocycles. The molecular formula is C13H19NO3S. The van der Waals surface area contributed by atoms with Crippen LogP contribution >= 0.6 is 0 Å². The number of para-hydroxylation sites is 1. The molecule has 1 aromatic carbocycles. The van der Waals surface area contributed by atoms with E-state index in [0.29, 0.717) is 4.90 Å². The number of sulfone groups is 1. The first-order valence-corrected chi connectivity index (χ1v) is 8.10. The summed E-state index contributed by atoms with van der Waals surface area (Å²) in [5.74, 6) is 0. The van der Waals surface area contributed by atoms with Crippen LogP contribution in [0.4, 0.5) is 5.69 Å². The highest BCUT2D eigenvalue weighted by molar-refractivity contribution is 7.90. The number of aliphatic hydroxyl groups excluding tert-OH is 1. The third-order valence-corrected chi connectivity index (χ3v) is 4.56. The predicted octanol–water partition coefficient (Wildman–Crippen LogP) is 1.44. The molecular weight excluding hydrogens is 250 g/mol. The summed E-state index contributed by atoms with van der Waals surface area (Å²) in [6, 6.07) is 7.06. The van der Waals surface area contributed by atoms with Crippen LogP contribution in [0.3, 0.4) is 0 Å². The van der Waals surface area contributed by atoms with Crippen molar-refractivity contribution >= 4 is 15.5 Å². The summed E-state index contributed by atoms with van der Waals surface area (Å²) >= 11 is 0. The lowest BCUT2D eigenvalue weighted by atomic mass is 10.0. The quantitative estimate of drug-likeness (QED) is 0.902. The lowest BCUT2D eigenvalue weighted by molar-refractivity contribution is 0.239. The maximum Gasteiger partial charge on any atom is 0.177 e. The molecule has 1 aromatic rings. The highest BCUT2D eigenvalue weighted by Crippen LogP contribution is 2.30. The summed E-state index contributed by atoms with van der Waals surface area (Å²) in [4.78, 5) is 2.38. The molecule has 1 unspecified atom stereocenters. The van der Waals surface area contributed by atoms with E-state index in [1.807, 2.05) is 17.0 Å². The zero-order valence-corrected chi connectivity index (χ0v) is 11.4. The molecule has 18 heavy (non-hydrogen) atoms. The molecule has 0 spiro atoms. The van der Waals surface area contributed by atoms with Gasteiger partial charge in [0.05, 0.1) is 23.2 Å². The molecule has 0 saturated carbocycles. The fourth-order valence-corrected chi connectivity index (χ4v) is 3.41. The van der Waals surface area contributed by atoms with Crippen molar-refractivity contribution in [3.8, 4) is 0 Å². The zero-order chi connectivity index (χ0) is 13.2. The number of aliphatic hydroxyl groups is 1. The average molecular weight is 269 g/mol. The van der Waals surface area contributed by atoms with Gasteiger partial charge in [-0.05, 0) is 31.4 Å². The van der Waals surface area contributed by atoms with Crippen molar-refractivity contribution < 1.29 is 13.5 Å². The van der Waals surface area contributed by atoms with Gasteiger partial charge in [-0.15, -0.1) is 0 Å². The molecule has 2 rings (SSSR count). The minimum absolute atomic E-state index is 0.0293. The van der Waals surface area contributed by atoms with E-state index in [-0.39, 0.29) is 12.6 Å². The third kappa shape index (κ3) is 2.67. The number of rotatable bonds is 3. The number of nitrogens with zero attached hydrogens (tertiary/aromatic N) is 1. The largest absolute Gasteiger partial charge is 0.394 e. The van der Waals surface area contributed by atoms with Gasteiger partial charge in [0.2, 0.25) is 0 Å². The number of anilines is 1. The van der Waals surface area contributed by atoms with E-state index in [1.54, 1.807) is 12.1 Å². The molecule has 4 nitrogen and oxygen atoms in total. The molecule has 1 atom stereocenters. The van der Waals surface area contributed by atoms with Gasteiger partial charge >= 0.3 is 0 Å². The van der Waals surface area contributed by atoms with E-state index in [1.165, 1.54) is 6.26 Å². The van der Waals surface area contributed by atoms with Crippen LogP contribution in [0.5, 0.6) is 0 Å². The van der Waals surface area contributed by atoms with E-state index >= 15 is 0 Å². The van der Waals surface area contributed by atoms with E-state index < -0.39 is 9.84 Å². The summed E-state index contributed by atoms with van der Waals surface area (Å²) in [6.45, 7) is 0.871. The van der Waals surface area contributed by atoms with Gasteiger partial charge < -0.3 is 10.0 Å². The lowest BCUT2D eigenvalue weighted by Gasteiger charge is -2.37. The summed E-state index contributed by atoms with van der Waals surface area (Å²) in [5, 5.41) is 9.43. The first kappa shape index (κ1) is 13.4. The average Bonchev–Trinajstić information content (AvgIpc) is 2.37. The Morgan fingerprint density at radius 2 is 2.06 bits per heavy atom. The van der Waals surface area contributed by atoms with Gasteiger partial charge in [0, 0.05) is 12.8 Å². The van der Waals surface area contributed by atoms with Crippen molar-refractivity contribution in [2.75, 3.05) is 24.3 Å². The van der Waals surface area contributed by atoms with Gasteiger partial charge in [-0.1, -0.05) is 12.1 Å². The first-order chi connectivity index (χ1) is 8.54. The maximum atomic E-state index is 11.8. The van der Waals surface area contributed by atoms with Crippen LogP contribution in [0.15, 0.2) is 29.2 Å². The van der Waals surface area contributed by atoms with Gasteiger partial charge in [-0.25, -0.2) is 8.42 Å². The molecule has 1 fully saturated rings. The van der Waals surface area contributed by atoms with E-state index in [4.69, 9.17) is 0 Å². The molecule has 0 amide bonds. The van der Waals surface area contributed by atoms with Crippen LogP contribution in [-0.2, 0) is 9.84 Å². The SMILES string of the molecule is CS(=O)(=O)c1ccccc1N1CCCCC1CO. The molecule has 100 valence electrons. The van der Waals surface area contributed by atoms with Crippen LogP contribution in [0, 0.1) is 0 Å². The Kier molecular flexibility index (Phi) is 3.92. The molecule has 1 aliphatic rings. The Labute approximate surface area is 108 Å². The molecule has 1 heterocycles. The van der Waals surface area contributed by atoms with Crippen LogP contribution in [0.25, 0.3) is 0 Å². The molecule has 0 radical (unpaired) electrons. The highest BCUT2D eigenvalue weighted by atomic mass is 32.2. The number of piperidine rings is 1. The van der Waals surface area contributed by atoms with E-state index in [2.05, 4.69) is 0 Å². The van der Waals surface area contributed by atoms with E-state index in [9.17, 15) is 13.5 Å². The minimum atomic E-state index is -3.24. The predicted molar refractivity (Wildman–Crippen MR) is 71.6 cm³/mol. The molecule has 1 saturated heterocycles. The van der Waals surface area contributed by atoms with Crippen LogP contribution in [-0.4, -0.2) is 39.0 Å². The monoisotopic (exact) mass is 269 g/mol. The molecule has 5 heteroatoms. The smallest absolute Gasteiger partial charge is 0.177 e. The third-order valence-electron chi connectivity index (χ3n) is 3.41. The first-order valence-electron chi connectivity index (χ1n) is 6.20. The lowest BCUT2D eigenvalue weighted by Crippen LogP contribution is -2.42. The molecule has 1 N–H and O–H groups in total. The summed E-state index contributed by atoms with van der Waals surface area (Å²) in [7, 11) is -3.24. The Bertz CT molecular complexity index is 513. The van der Waals surface area contributed by atoms with Gasteiger partial charge in [0.15, 0.2) is 9.84 Å². The minimum Gasteiger partial charge on any atom is -0.394 e. The molecule has 1 aliphatic heterocycles.